The Hall–Kier alpha value is -2.63. The minimum absolute atomic E-state index is 0.0402. The number of anilines is 1. The number of nitrogens with zero attached hydrogens (tertiary/aromatic N) is 2. The molecule has 0 aromatic carbocycles. The van der Waals surface area contributed by atoms with Gasteiger partial charge in [0.15, 0.2) is 5.75 Å². The third kappa shape index (κ3) is 2.37. The summed E-state index contributed by atoms with van der Waals surface area (Å²) in [7, 11) is 0. The molecule has 0 bridgehead atoms. The van der Waals surface area contributed by atoms with E-state index in [1.807, 2.05) is 0 Å². The molecule has 18 heavy (non-hydrogen) atoms. The van der Waals surface area contributed by atoms with Crippen LogP contribution < -0.4 is 10.5 Å². The van der Waals surface area contributed by atoms with E-state index in [0.29, 0.717) is 11.4 Å². The van der Waals surface area contributed by atoms with Crippen molar-refractivity contribution < 1.29 is 14.6 Å². The third-order valence-corrected chi connectivity index (χ3v) is 2.31. The Morgan fingerprint density at radius 1 is 1.44 bits per heavy atom. The molecule has 0 aliphatic heterocycles. The van der Waals surface area contributed by atoms with Crippen molar-refractivity contribution >= 4 is 11.7 Å². The molecule has 3 N–H and O–H groups in total. The number of ether oxygens (including phenoxy) is 1. The zero-order chi connectivity index (χ0) is 13.1. The highest BCUT2D eigenvalue weighted by molar-refractivity contribution is 5.93. The zero-order valence-corrected chi connectivity index (χ0v) is 9.62. The molecule has 0 aliphatic carbocycles. The standard InChI is InChI=1S/C12H11N3O3/c1-7-10(3-2-4-14-7)18-11-5-8(12(16)17)9(13)6-15-11/h2-6H,13H2,1H3,(H,16,17). The SMILES string of the molecule is Cc1ncccc1Oc1cc(C(=O)O)c(N)cn1. The summed E-state index contributed by atoms with van der Waals surface area (Å²) in [6, 6.07) is 4.72. The molecular formula is C12H11N3O3. The molecule has 0 saturated heterocycles. The van der Waals surface area contributed by atoms with Crippen LogP contribution in [0, 0.1) is 6.92 Å². The van der Waals surface area contributed by atoms with Gasteiger partial charge in [-0.3, -0.25) is 4.98 Å². The van der Waals surface area contributed by atoms with Crippen molar-refractivity contribution in [2.24, 2.45) is 0 Å². The Balaban J connectivity index is 2.33. The first kappa shape index (κ1) is 11.8. The zero-order valence-electron chi connectivity index (χ0n) is 9.62. The maximum absolute atomic E-state index is 10.9. The maximum Gasteiger partial charge on any atom is 0.338 e. The molecule has 2 heterocycles. The minimum Gasteiger partial charge on any atom is -0.478 e. The van der Waals surface area contributed by atoms with Gasteiger partial charge in [-0.1, -0.05) is 0 Å². The van der Waals surface area contributed by atoms with Crippen molar-refractivity contribution in [3.05, 3.63) is 41.9 Å². The predicted octanol–water partition coefficient (Wildman–Crippen LogP) is 1.86. The highest BCUT2D eigenvalue weighted by Gasteiger charge is 2.11. The van der Waals surface area contributed by atoms with Gasteiger partial charge < -0.3 is 15.6 Å². The van der Waals surface area contributed by atoms with Gasteiger partial charge in [0, 0.05) is 12.3 Å². The molecule has 0 atom stereocenters. The van der Waals surface area contributed by atoms with E-state index in [0.717, 1.165) is 0 Å². The number of aromatic carboxylic acids is 1. The van der Waals surface area contributed by atoms with Crippen LogP contribution in [0.4, 0.5) is 5.69 Å². The average molecular weight is 245 g/mol. The number of nitrogens with two attached hydrogens (primary N) is 1. The minimum atomic E-state index is -1.12. The number of aryl methyl sites for hydroxylation is 1. The van der Waals surface area contributed by atoms with Crippen LogP contribution in [0.25, 0.3) is 0 Å². The van der Waals surface area contributed by atoms with Gasteiger partial charge in [-0.15, -0.1) is 0 Å². The number of carboxylic acids is 1. The topological polar surface area (TPSA) is 98.3 Å². The van der Waals surface area contributed by atoms with Gasteiger partial charge in [0.05, 0.1) is 23.1 Å². The number of hydrogen-bond donors (Lipinski definition) is 2. The fraction of sp³-hybridized carbons (Fsp3) is 0.0833. The second-order valence-corrected chi connectivity index (χ2v) is 3.60. The summed E-state index contributed by atoms with van der Waals surface area (Å²) in [6.07, 6.45) is 2.89. The van der Waals surface area contributed by atoms with Gasteiger partial charge in [0.1, 0.15) is 0 Å². The molecule has 0 amide bonds. The second-order valence-electron chi connectivity index (χ2n) is 3.60. The molecule has 6 nitrogen and oxygen atoms in total. The van der Waals surface area contributed by atoms with Gasteiger partial charge in [-0.25, -0.2) is 9.78 Å². The largest absolute Gasteiger partial charge is 0.478 e. The number of rotatable bonds is 3. The van der Waals surface area contributed by atoms with Crippen LogP contribution in [0.3, 0.4) is 0 Å². The first-order valence-corrected chi connectivity index (χ1v) is 5.16. The average Bonchev–Trinajstić information content (AvgIpc) is 2.34. The number of nitrogen functional groups attached to an aromatic ring is 1. The Bertz CT molecular complexity index is 599. The van der Waals surface area contributed by atoms with Crippen molar-refractivity contribution in [3.63, 3.8) is 0 Å². The molecule has 2 aromatic rings. The van der Waals surface area contributed by atoms with Gasteiger partial charge in [0.2, 0.25) is 5.88 Å². The van der Waals surface area contributed by atoms with Gasteiger partial charge in [-0.2, -0.15) is 0 Å². The number of aromatic nitrogens is 2. The van der Waals surface area contributed by atoms with Crippen LogP contribution in [-0.4, -0.2) is 21.0 Å². The second kappa shape index (κ2) is 4.70. The lowest BCUT2D eigenvalue weighted by atomic mass is 10.2. The highest BCUT2D eigenvalue weighted by atomic mass is 16.5. The quantitative estimate of drug-likeness (QED) is 0.856. The molecule has 0 aliphatic rings. The van der Waals surface area contributed by atoms with Crippen LogP contribution >= 0.6 is 0 Å². The summed E-state index contributed by atoms with van der Waals surface area (Å²) in [5, 5.41) is 8.94. The lowest BCUT2D eigenvalue weighted by Gasteiger charge is -2.08. The number of hydrogen-bond acceptors (Lipinski definition) is 5. The van der Waals surface area contributed by atoms with E-state index >= 15 is 0 Å². The van der Waals surface area contributed by atoms with Crippen molar-refractivity contribution in [3.8, 4) is 11.6 Å². The summed E-state index contributed by atoms with van der Waals surface area (Å²) < 4.78 is 5.46. The van der Waals surface area contributed by atoms with Crippen molar-refractivity contribution in [2.75, 3.05) is 5.73 Å². The highest BCUT2D eigenvalue weighted by Crippen LogP contribution is 2.24. The van der Waals surface area contributed by atoms with Crippen LogP contribution in [0.5, 0.6) is 11.6 Å². The molecule has 0 fully saturated rings. The van der Waals surface area contributed by atoms with E-state index in [-0.39, 0.29) is 17.1 Å². The van der Waals surface area contributed by atoms with Crippen molar-refractivity contribution in [1.29, 1.82) is 0 Å². The van der Waals surface area contributed by atoms with Crippen LogP contribution in [0.1, 0.15) is 16.1 Å². The van der Waals surface area contributed by atoms with Crippen LogP contribution in [0.15, 0.2) is 30.6 Å². The molecule has 0 unspecified atom stereocenters. The fourth-order valence-corrected chi connectivity index (χ4v) is 1.38. The summed E-state index contributed by atoms with van der Waals surface area (Å²) in [4.78, 5) is 18.9. The van der Waals surface area contributed by atoms with E-state index in [4.69, 9.17) is 15.6 Å². The fourth-order valence-electron chi connectivity index (χ4n) is 1.38. The Kier molecular flexibility index (Phi) is 3.09. The molecular weight excluding hydrogens is 234 g/mol. The number of pyridine rings is 2. The Morgan fingerprint density at radius 3 is 2.89 bits per heavy atom. The Morgan fingerprint density at radius 2 is 2.22 bits per heavy atom. The molecule has 0 radical (unpaired) electrons. The molecule has 0 spiro atoms. The van der Waals surface area contributed by atoms with E-state index in [2.05, 4.69) is 9.97 Å². The summed E-state index contributed by atoms with van der Waals surface area (Å²) in [5.74, 6) is -0.438. The number of carboxylic acid groups (broad SMARTS) is 1. The molecule has 0 saturated carbocycles. The van der Waals surface area contributed by atoms with E-state index in [1.54, 1.807) is 25.3 Å². The van der Waals surface area contributed by atoms with Gasteiger partial charge in [0.25, 0.3) is 0 Å². The van der Waals surface area contributed by atoms with E-state index in [1.165, 1.54) is 12.3 Å². The van der Waals surface area contributed by atoms with E-state index < -0.39 is 5.97 Å². The first-order chi connectivity index (χ1) is 8.58. The lowest BCUT2D eigenvalue weighted by molar-refractivity contribution is 0.0697. The summed E-state index contributed by atoms with van der Waals surface area (Å²) in [6.45, 7) is 1.78. The van der Waals surface area contributed by atoms with E-state index in [9.17, 15) is 4.79 Å². The van der Waals surface area contributed by atoms with Gasteiger partial charge in [-0.05, 0) is 19.1 Å². The lowest BCUT2D eigenvalue weighted by Crippen LogP contribution is -2.04. The molecule has 6 heteroatoms. The summed E-state index contributed by atoms with van der Waals surface area (Å²) >= 11 is 0. The maximum atomic E-state index is 10.9. The third-order valence-electron chi connectivity index (χ3n) is 2.31. The smallest absolute Gasteiger partial charge is 0.338 e. The predicted molar refractivity (Wildman–Crippen MR) is 64.7 cm³/mol. The molecule has 2 aromatic heterocycles. The Labute approximate surface area is 103 Å². The monoisotopic (exact) mass is 245 g/mol. The van der Waals surface area contributed by atoms with Crippen LogP contribution in [0.2, 0.25) is 0 Å². The van der Waals surface area contributed by atoms with Crippen molar-refractivity contribution in [2.45, 2.75) is 6.92 Å². The number of carbonyl (C=O) groups is 1. The molecule has 92 valence electrons. The molecule has 2 rings (SSSR count). The van der Waals surface area contributed by atoms with Gasteiger partial charge >= 0.3 is 5.97 Å². The normalized spacial score (nSPS) is 10.1. The summed E-state index contributed by atoms with van der Waals surface area (Å²) in [5.41, 5.74) is 6.25. The first-order valence-electron chi connectivity index (χ1n) is 5.16. The van der Waals surface area contributed by atoms with Crippen LogP contribution in [-0.2, 0) is 0 Å². The van der Waals surface area contributed by atoms with Crippen molar-refractivity contribution in [1.82, 2.24) is 9.97 Å².